The minimum absolute atomic E-state index is 0.161. The third-order valence-corrected chi connectivity index (χ3v) is 7.58. The zero-order valence-electron chi connectivity index (χ0n) is 19.5. The summed E-state index contributed by atoms with van der Waals surface area (Å²) >= 11 is 12.9. The number of methoxy groups -OCH3 is 1. The van der Waals surface area contributed by atoms with Gasteiger partial charge in [-0.1, -0.05) is 59.6 Å². The molecule has 36 heavy (non-hydrogen) atoms. The van der Waals surface area contributed by atoms with Crippen LogP contribution in [0.2, 0.25) is 10.0 Å². The highest BCUT2D eigenvalue weighted by molar-refractivity contribution is 6.32. The number of hydrogen-bond acceptors (Lipinski definition) is 6. The normalized spacial score (nSPS) is 24.4. The molecule has 8 nitrogen and oxygen atoms in total. The number of carbonyl (C=O) groups is 1. The molecule has 1 saturated heterocycles. The predicted molar refractivity (Wildman–Crippen MR) is 137 cm³/mol. The first-order valence-corrected chi connectivity index (χ1v) is 12.1. The van der Waals surface area contributed by atoms with Gasteiger partial charge < -0.3 is 14.8 Å². The van der Waals surface area contributed by atoms with Gasteiger partial charge in [0.2, 0.25) is 0 Å². The lowest BCUT2D eigenvalue weighted by Crippen LogP contribution is -2.54. The van der Waals surface area contributed by atoms with Gasteiger partial charge >= 0.3 is 0 Å². The molecular formula is C26H23Cl2N3O5. The van der Waals surface area contributed by atoms with Gasteiger partial charge in [-0.2, -0.15) is 0 Å². The zero-order chi connectivity index (χ0) is 25.6. The molecule has 5 rings (SSSR count). The molecular weight excluding hydrogens is 505 g/mol. The van der Waals surface area contributed by atoms with Crippen molar-refractivity contribution < 1.29 is 19.2 Å². The van der Waals surface area contributed by atoms with E-state index in [1.54, 1.807) is 42.5 Å². The summed E-state index contributed by atoms with van der Waals surface area (Å²) < 4.78 is 11.5. The molecule has 1 spiro atoms. The van der Waals surface area contributed by atoms with Gasteiger partial charge in [0.1, 0.15) is 6.61 Å². The maximum Gasteiger partial charge on any atom is 0.256 e. The maximum atomic E-state index is 13.2. The molecule has 3 aromatic carbocycles. The van der Waals surface area contributed by atoms with E-state index in [4.69, 9.17) is 32.7 Å². The van der Waals surface area contributed by atoms with Crippen LogP contribution in [0.1, 0.15) is 29.5 Å². The molecule has 0 aliphatic carbocycles. The number of para-hydroxylation sites is 1. The number of nitrogens with zero attached hydrogens (tertiary/aromatic N) is 1. The Morgan fingerprint density at radius 3 is 2.53 bits per heavy atom. The van der Waals surface area contributed by atoms with E-state index in [1.807, 2.05) is 25.1 Å². The van der Waals surface area contributed by atoms with Crippen LogP contribution in [0.4, 0.5) is 5.69 Å². The van der Waals surface area contributed by atoms with E-state index in [0.29, 0.717) is 33.3 Å². The van der Waals surface area contributed by atoms with Crippen LogP contribution in [0.5, 0.6) is 11.5 Å². The first-order chi connectivity index (χ1) is 17.3. The van der Waals surface area contributed by atoms with Gasteiger partial charge in [0, 0.05) is 32.8 Å². The summed E-state index contributed by atoms with van der Waals surface area (Å²) in [7, 11) is 1.47. The second-order valence-corrected chi connectivity index (χ2v) is 9.73. The van der Waals surface area contributed by atoms with Gasteiger partial charge in [0.05, 0.1) is 18.1 Å². The fraction of sp³-hybridized carbons (Fsp3) is 0.269. The number of carbonyl (C=O) groups excluding carboxylic acids is 1. The summed E-state index contributed by atoms with van der Waals surface area (Å²) in [5.74, 6) is -0.493. The molecule has 0 radical (unpaired) electrons. The second-order valence-electron chi connectivity index (χ2n) is 8.91. The average Bonchev–Trinajstić information content (AvgIpc) is 3.32. The van der Waals surface area contributed by atoms with Crippen molar-refractivity contribution in [2.75, 3.05) is 12.4 Å². The number of fused-ring (bicyclic) bond motifs is 2. The van der Waals surface area contributed by atoms with Crippen molar-refractivity contribution in [3.63, 3.8) is 0 Å². The van der Waals surface area contributed by atoms with Crippen LogP contribution in [-0.4, -0.2) is 30.0 Å². The third-order valence-electron chi connectivity index (χ3n) is 6.93. The van der Waals surface area contributed by atoms with Gasteiger partial charge in [0.25, 0.3) is 11.9 Å². The zero-order valence-corrected chi connectivity index (χ0v) is 21.0. The number of anilines is 1. The number of halogens is 2. The highest BCUT2D eigenvalue weighted by atomic mass is 35.5. The number of nitrogens with one attached hydrogen (secondary N) is 2. The molecule has 10 heteroatoms. The van der Waals surface area contributed by atoms with Crippen molar-refractivity contribution in [3.8, 4) is 11.5 Å². The van der Waals surface area contributed by atoms with E-state index in [0.717, 1.165) is 5.56 Å². The topological polar surface area (TPSA) is 103 Å². The molecule has 2 aliphatic rings. The van der Waals surface area contributed by atoms with Crippen molar-refractivity contribution in [3.05, 3.63) is 97.5 Å². The number of ether oxygens (including phenoxy) is 2. The summed E-state index contributed by atoms with van der Waals surface area (Å²) in [6.45, 7) is 1.99. The van der Waals surface area contributed by atoms with E-state index in [1.165, 1.54) is 7.11 Å². The van der Waals surface area contributed by atoms with Crippen molar-refractivity contribution in [1.29, 1.82) is 0 Å². The third kappa shape index (κ3) is 3.77. The Balaban J connectivity index is 1.54. The Hall–Kier alpha value is -3.33. The van der Waals surface area contributed by atoms with E-state index < -0.39 is 29.4 Å². The Kier molecular flexibility index (Phi) is 6.28. The Labute approximate surface area is 217 Å². The van der Waals surface area contributed by atoms with Crippen LogP contribution >= 0.6 is 23.2 Å². The first-order valence-electron chi connectivity index (χ1n) is 11.3. The lowest BCUT2D eigenvalue weighted by molar-refractivity contribution is -0.532. The van der Waals surface area contributed by atoms with E-state index in [2.05, 4.69) is 10.6 Å². The van der Waals surface area contributed by atoms with Gasteiger partial charge in [-0.05, 0) is 36.8 Å². The van der Waals surface area contributed by atoms with Crippen LogP contribution in [0, 0.1) is 10.1 Å². The lowest BCUT2D eigenvalue weighted by Gasteiger charge is -2.25. The number of hydrogen-bond donors (Lipinski definition) is 2. The van der Waals surface area contributed by atoms with Gasteiger partial charge in [-0.3, -0.25) is 20.2 Å². The minimum atomic E-state index is -1.51. The fourth-order valence-electron chi connectivity index (χ4n) is 5.39. The summed E-state index contributed by atoms with van der Waals surface area (Å²) in [4.78, 5) is 25.4. The Bertz CT molecular complexity index is 1370. The molecule has 0 bridgehead atoms. The van der Waals surface area contributed by atoms with Crippen LogP contribution in [0.3, 0.4) is 0 Å². The van der Waals surface area contributed by atoms with Crippen molar-refractivity contribution >= 4 is 34.8 Å². The van der Waals surface area contributed by atoms with Crippen LogP contribution < -0.4 is 20.1 Å². The average molecular weight is 528 g/mol. The highest BCUT2D eigenvalue weighted by Crippen LogP contribution is 2.51. The molecule has 1 amide bonds. The molecule has 2 aliphatic heterocycles. The molecule has 2 N–H and O–H groups in total. The van der Waals surface area contributed by atoms with Crippen LogP contribution in [0.15, 0.2) is 60.7 Å². The van der Waals surface area contributed by atoms with Crippen LogP contribution in [0.25, 0.3) is 0 Å². The Morgan fingerprint density at radius 2 is 1.81 bits per heavy atom. The molecule has 1 fully saturated rings. The molecule has 4 atom stereocenters. The molecule has 3 aromatic rings. The SMILES string of the molecule is COc1cc([C@@H]2[C@H](C)N[C@]3(C(=O)Nc4ccccc43)[C@@H]2[N+](=O)[O-])cc(Cl)c1OCc1ccccc1Cl. The smallest absolute Gasteiger partial charge is 0.256 e. The van der Waals surface area contributed by atoms with Gasteiger partial charge in [-0.15, -0.1) is 0 Å². The number of nitro groups is 1. The van der Waals surface area contributed by atoms with Crippen molar-refractivity contribution in [1.82, 2.24) is 5.32 Å². The van der Waals surface area contributed by atoms with Gasteiger partial charge in [0.15, 0.2) is 17.0 Å². The fourth-order valence-corrected chi connectivity index (χ4v) is 5.86. The summed E-state index contributed by atoms with van der Waals surface area (Å²) in [5, 5.41) is 19.4. The molecule has 0 unspecified atom stereocenters. The highest BCUT2D eigenvalue weighted by Gasteiger charge is 2.67. The molecule has 2 heterocycles. The van der Waals surface area contributed by atoms with Gasteiger partial charge in [-0.25, -0.2) is 0 Å². The number of amides is 1. The van der Waals surface area contributed by atoms with E-state index >= 15 is 0 Å². The van der Waals surface area contributed by atoms with Crippen LogP contribution in [-0.2, 0) is 16.9 Å². The Morgan fingerprint density at radius 1 is 1.08 bits per heavy atom. The second kappa shape index (κ2) is 9.28. The van der Waals surface area contributed by atoms with E-state index in [9.17, 15) is 14.9 Å². The summed E-state index contributed by atoms with van der Waals surface area (Å²) in [6.07, 6.45) is 0. The molecule has 0 saturated carbocycles. The minimum Gasteiger partial charge on any atom is -0.493 e. The van der Waals surface area contributed by atoms with Crippen molar-refractivity contribution in [2.24, 2.45) is 0 Å². The largest absolute Gasteiger partial charge is 0.493 e. The molecule has 186 valence electrons. The first kappa shape index (κ1) is 24.4. The van der Waals surface area contributed by atoms with Crippen molar-refractivity contribution in [2.45, 2.75) is 37.1 Å². The maximum absolute atomic E-state index is 13.2. The monoisotopic (exact) mass is 527 g/mol. The predicted octanol–water partition coefficient (Wildman–Crippen LogP) is 5.15. The standard InChI is InChI=1S/C26H23Cl2N3O5/c1-14-22(24(31(33)34)26(30-14)17-8-4-6-10-20(17)29-25(26)32)16-11-19(28)23(21(12-16)35-2)36-13-15-7-3-5-9-18(15)27/h3-12,14,22,24,30H,13H2,1-2H3,(H,29,32)/t14-,22-,24+,26-/m0/s1. The number of rotatable bonds is 6. The van der Waals surface area contributed by atoms with E-state index in [-0.39, 0.29) is 16.6 Å². The number of benzene rings is 3. The lowest BCUT2D eigenvalue weighted by atomic mass is 9.78. The summed E-state index contributed by atoms with van der Waals surface area (Å²) in [5.41, 5.74) is 0.953. The quantitative estimate of drug-likeness (QED) is 0.339. The summed E-state index contributed by atoms with van der Waals surface area (Å²) in [6, 6.07) is 15.9. The molecule has 0 aromatic heterocycles.